The van der Waals surface area contributed by atoms with E-state index in [0.717, 1.165) is 34.4 Å². The summed E-state index contributed by atoms with van der Waals surface area (Å²) in [7, 11) is 0. The number of nitrogens with zero attached hydrogens (tertiary/aromatic N) is 1. The Bertz CT molecular complexity index is 760. The van der Waals surface area contributed by atoms with Gasteiger partial charge in [-0.05, 0) is 66.8 Å². The van der Waals surface area contributed by atoms with E-state index in [9.17, 15) is 9.18 Å². The minimum absolute atomic E-state index is 0.0885. The maximum atomic E-state index is 13.0. The normalized spacial score (nSPS) is 14.3. The Hall–Kier alpha value is -2.62. The molecule has 24 heavy (non-hydrogen) atoms. The second kappa shape index (κ2) is 6.87. The summed E-state index contributed by atoms with van der Waals surface area (Å²) in [6, 6.07) is 12.4. The smallest absolute Gasteiger partial charge is 0.320 e. The molecule has 2 aromatic carbocycles. The van der Waals surface area contributed by atoms with Gasteiger partial charge in [-0.2, -0.15) is 0 Å². The predicted octanol–water partition coefficient (Wildman–Crippen LogP) is 4.76. The Kier molecular flexibility index (Phi) is 4.65. The Labute approximate surface area is 141 Å². The van der Waals surface area contributed by atoms with Crippen molar-refractivity contribution in [2.45, 2.75) is 20.3 Å². The van der Waals surface area contributed by atoms with Gasteiger partial charge in [0.05, 0.1) is 0 Å². The average molecular weight is 324 g/mol. The zero-order valence-electron chi connectivity index (χ0n) is 14.0. The number of aryl methyl sites for hydroxylation is 2. The molecule has 2 amide bonds. The van der Waals surface area contributed by atoms with Crippen LogP contribution in [0.1, 0.15) is 23.1 Å². The quantitative estimate of drug-likeness (QED) is 0.848. The molecule has 0 saturated heterocycles. The lowest BCUT2D eigenvalue weighted by Crippen LogP contribution is -2.37. The van der Waals surface area contributed by atoms with Gasteiger partial charge < -0.3 is 10.2 Å². The van der Waals surface area contributed by atoms with E-state index in [1.54, 1.807) is 17.0 Å². The lowest BCUT2D eigenvalue weighted by molar-refractivity contribution is 0.217. The lowest BCUT2D eigenvalue weighted by Gasteiger charge is -2.27. The third-order valence-corrected chi connectivity index (χ3v) is 4.18. The van der Waals surface area contributed by atoms with Gasteiger partial charge in [0.15, 0.2) is 0 Å². The van der Waals surface area contributed by atoms with Crippen molar-refractivity contribution in [1.29, 1.82) is 0 Å². The van der Waals surface area contributed by atoms with Crippen LogP contribution in [0.25, 0.3) is 5.57 Å². The van der Waals surface area contributed by atoms with Crippen molar-refractivity contribution in [3.63, 3.8) is 0 Å². The monoisotopic (exact) mass is 324 g/mol. The van der Waals surface area contributed by atoms with Crippen LogP contribution in [0.3, 0.4) is 0 Å². The van der Waals surface area contributed by atoms with E-state index in [0.29, 0.717) is 13.1 Å². The number of nitrogens with one attached hydrogen (secondary N) is 1. The summed E-state index contributed by atoms with van der Waals surface area (Å²) in [5.41, 5.74) is 5.26. The molecule has 0 aliphatic carbocycles. The molecule has 1 N–H and O–H groups in total. The van der Waals surface area contributed by atoms with Gasteiger partial charge in [-0.15, -0.1) is 0 Å². The van der Waals surface area contributed by atoms with Gasteiger partial charge in [0, 0.05) is 18.8 Å². The van der Waals surface area contributed by atoms with Crippen LogP contribution in [0.5, 0.6) is 0 Å². The highest BCUT2D eigenvalue weighted by Crippen LogP contribution is 2.23. The van der Waals surface area contributed by atoms with Gasteiger partial charge in [-0.3, -0.25) is 0 Å². The molecule has 0 fully saturated rings. The van der Waals surface area contributed by atoms with E-state index in [4.69, 9.17) is 0 Å². The molecule has 2 aromatic rings. The second-order valence-electron chi connectivity index (χ2n) is 6.24. The average Bonchev–Trinajstić information content (AvgIpc) is 2.55. The Morgan fingerprint density at radius 1 is 1.08 bits per heavy atom. The summed E-state index contributed by atoms with van der Waals surface area (Å²) in [5, 5.41) is 2.96. The molecule has 0 aromatic heterocycles. The molecule has 0 bridgehead atoms. The highest BCUT2D eigenvalue weighted by Gasteiger charge is 2.18. The molecule has 0 spiro atoms. The van der Waals surface area contributed by atoms with Gasteiger partial charge in [0.1, 0.15) is 5.82 Å². The number of carbonyl (C=O) groups excluding carboxylic acids is 1. The number of hydrogen-bond acceptors (Lipinski definition) is 1. The van der Waals surface area contributed by atoms with Crippen LogP contribution in [0.4, 0.5) is 14.9 Å². The van der Waals surface area contributed by atoms with Crippen LogP contribution in [-0.2, 0) is 0 Å². The fourth-order valence-corrected chi connectivity index (χ4v) is 3.03. The Morgan fingerprint density at radius 2 is 1.75 bits per heavy atom. The third kappa shape index (κ3) is 3.82. The summed E-state index contributed by atoms with van der Waals surface area (Å²) < 4.78 is 13.0. The minimum Gasteiger partial charge on any atom is -0.320 e. The molecule has 3 nitrogen and oxygen atoms in total. The molecular formula is C20H21FN2O. The van der Waals surface area contributed by atoms with Crippen molar-refractivity contribution >= 4 is 17.3 Å². The summed E-state index contributed by atoms with van der Waals surface area (Å²) >= 11 is 0. The van der Waals surface area contributed by atoms with Gasteiger partial charge >= 0.3 is 6.03 Å². The van der Waals surface area contributed by atoms with E-state index in [2.05, 4.69) is 11.4 Å². The summed E-state index contributed by atoms with van der Waals surface area (Å²) in [6.07, 6.45) is 2.81. The van der Waals surface area contributed by atoms with Crippen molar-refractivity contribution in [1.82, 2.24) is 4.90 Å². The number of halogens is 1. The first-order valence-electron chi connectivity index (χ1n) is 8.10. The standard InChI is InChI=1S/C20H21FN2O/c1-14-11-15(2)13-19(12-14)22-20(24)23-9-7-17(8-10-23)16-3-5-18(21)6-4-16/h3-7,11-13H,8-10H2,1-2H3,(H,22,24). The molecular weight excluding hydrogens is 303 g/mol. The number of carbonyl (C=O) groups is 1. The van der Waals surface area contributed by atoms with Gasteiger partial charge in [0.2, 0.25) is 0 Å². The van der Waals surface area contributed by atoms with Crippen molar-refractivity contribution in [2.75, 3.05) is 18.4 Å². The van der Waals surface area contributed by atoms with E-state index >= 15 is 0 Å². The fraction of sp³-hybridized carbons (Fsp3) is 0.250. The number of benzene rings is 2. The van der Waals surface area contributed by atoms with Crippen LogP contribution < -0.4 is 5.32 Å². The van der Waals surface area contributed by atoms with Gasteiger partial charge in [0.25, 0.3) is 0 Å². The predicted molar refractivity (Wildman–Crippen MR) is 95.5 cm³/mol. The highest BCUT2D eigenvalue weighted by atomic mass is 19.1. The fourth-order valence-electron chi connectivity index (χ4n) is 3.03. The van der Waals surface area contributed by atoms with E-state index < -0.39 is 0 Å². The van der Waals surface area contributed by atoms with E-state index in [-0.39, 0.29) is 11.8 Å². The number of amides is 2. The van der Waals surface area contributed by atoms with Crippen molar-refractivity contribution in [2.24, 2.45) is 0 Å². The van der Waals surface area contributed by atoms with E-state index in [1.165, 1.54) is 12.1 Å². The number of hydrogen-bond donors (Lipinski definition) is 1. The van der Waals surface area contributed by atoms with E-state index in [1.807, 2.05) is 32.1 Å². The van der Waals surface area contributed by atoms with Gasteiger partial charge in [-0.25, -0.2) is 9.18 Å². The molecule has 0 atom stereocenters. The largest absolute Gasteiger partial charge is 0.322 e. The van der Waals surface area contributed by atoms with Crippen LogP contribution in [-0.4, -0.2) is 24.0 Å². The summed E-state index contributed by atoms with van der Waals surface area (Å²) in [6.45, 7) is 5.24. The molecule has 0 unspecified atom stereocenters. The Morgan fingerprint density at radius 3 is 2.33 bits per heavy atom. The molecule has 1 aliphatic heterocycles. The van der Waals surface area contributed by atoms with Crippen LogP contribution >= 0.6 is 0 Å². The zero-order chi connectivity index (χ0) is 17.1. The summed E-state index contributed by atoms with van der Waals surface area (Å²) in [4.78, 5) is 14.2. The molecule has 124 valence electrons. The first-order chi connectivity index (χ1) is 11.5. The molecule has 1 heterocycles. The molecule has 3 rings (SSSR count). The zero-order valence-corrected chi connectivity index (χ0v) is 14.0. The van der Waals surface area contributed by atoms with Crippen molar-refractivity contribution in [3.05, 3.63) is 71.0 Å². The first-order valence-corrected chi connectivity index (χ1v) is 8.10. The lowest BCUT2D eigenvalue weighted by atomic mass is 10.00. The molecule has 0 radical (unpaired) electrons. The topological polar surface area (TPSA) is 32.3 Å². The van der Waals surface area contributed by atoms with Crippen molar-refractivity contribution < 1.29 is 9.18 Å². The first kappa shape index (κ1) is 16.2. The SMILES string of the molecule is Cc1cc(C)cc(NC(=O)N2CC=C(c3ccc(F)cc3)CC2)c1. The molecule has 1 aliphatic rings. The Balaban J connectivity index is 1.65. The molecule has 4 heteroatoms. The molecule has 0 saturated carbocycles. The maximum absolute atomic E-state index is 13.0. The van der Waals surface area contributed by atoms with Crippen LogP contribution in [0.15, 0.2) is 48.5 Å². The maximum Gasteiger partial charge on any atom is 0.322 e. The highest BCUT2D eigenvalue weighted by molar-refractivity contribution is 5.90. The van der Waals surface area contributed by atoms with Crippen molar-refractivity contribution in [3.8, 4) is 0 Å². The van der Waals surface area contributed by atoms with Crippen LogP contribution in [0.2, 0.25) is 0 Å². The number of rotatable bonds is 2. The number of anilines is 1. The second-order valence-corrected chi connectivity index (χ2v) is 6.24. The summed E-state index contributed by atoms with van der Waals surface area (Å²) in [5.74, 6) is -0.232. The number of urea groups is 1. The van der Waals surface area contributed by atoms with Crippen LogP contribution in [0, 0.1) is 19.7 Å². The third-order valence-electron chi connectivity index (χ3n) is 4.18. The minimum atomic E-state index is -0.232. The van der Waals surface area contributed by atoms with Gasteiger partial charge in [-0.1, -0.05) is 24.3 Å².